The summed E-state index contributed by atoms with van der Waals surface area (Å²) in [5.41, 5.74) is 4.47. The first-order valence-corrected chi connectivity index (χ1v) is 9.64. The third kappa shape index (κ3) is 4.02. The molecule has 0 amide bonds. The Morgan fingerprint density at radius 1 is 1.00 bits per heavy atom. The number of hydrogen-bond donors (Lipinski definition) is 2. The fourth-order valence-corrected chi connectivity index (χ4v) is 3.91. The number of H-pyrrole nitrogens is 1. The molecule has 3 nitrogen and oxygen atoms in total. The first-order valence-electron chi connectivity index (χ1n) is 9.64. The van der Waals surface area contributed by atoms with Gasteiger partial charge in [0.1, 0.15) is 5.75 Å². The molecule has 3 aromatic rings. The van der Waals surface area contributed by atoms with Gasteiger partial charge >= 0.3 is 6.18 Å². The molecule has 2 heterocycles. The highest BCUT2D eigenvalue weighted by molar-refractivity contribution is 5.88. The Labute approximate surface area is 161 Å². The molecule has 0 radical (unpaired) electrons. The van der Waals surface area contributed by atoms with Crippen molar-refractivity contribution in [2.24, 2.45) is 0 Å². The minimum Gasteiger partial charge on any atom is -0.494 e. The summed E-state index contributed by atoms with van der Waals surface area (Å²) in [7, 11) is 0. The Kier molecular flexibility index (Phi) is 5.31. The number of ether oxygens (including phenoxy) is 1. The first kappa shape index (κ1) is 18.9. The van der Waals surface area contributed by atoms with Crippen LogP contribution in [0, 0.1) is 0 Å². The number of fused-ring (bicyclic) bond motifs is 3. The smallest absolute Gasteiger partial charge is 0.416 e. The number of alkyl halides is 3. The Hall–Kier alpha value is -2.47. The van der Waals surface area contributed by atoms with Gasteiger partial charge in [-0.3, -0.25) is 0 Å². The molecule has 148 valence electrons. The molecule has 2 aromatic carbocycles. The van der Waals surface area contributed by atoms with Gasteiger partial charge in [-0.2, -0.15) is 13.2 Å². The SMILES string of the molecule is FC(F)(F)c1cccc(OCCCc2cccc3[nH]c4c(c23)CCNCC4)c1. The van der Waals surface area contributed by atoms with E-state index < -0.39 is 11.7 Å². The highest BCUT2D eigenvalue weighted by Gasteiger charge is 2.30. The number of nitrogens with one attached hydrogen (secondary N) is 2. The summed E-state index contributed by atoms with van der Waals surface area (Å²) in [4.78, 5) is 3.56. The van der Waals surface area contributed by atoms with Crippen LogP contribution < -0.4 is 10.1 Å². The minimum atomic E-state index is -4.35. The van der Waals surface area contributed by atoms with E-state index in [4.69, 9.17) is 4.74 Å². The lowest BCUT2D eigenvalue weighted by Gasteiger charge is -2.11. The van der Waals surface area contributed by atoms with E-state index in [-0.39, 0.29) is 5.75 Å². The fraction of sp³-hybridized carbons (Fsp3) is 0.364. The second-order valence-corrected chi connectivity index (χ2v) is 7.15. The Morgan fingerprint density at radius 3 is 2.68 bits per heavy atom. The van der Waals surface area contributed by atoms with Crippen LogP contribution >= 0.6 is 0 Å². The van der Waals surface area contributed by atoms with Gasteiger partial charge in [0.15, 0.2) is 0 Å². The summed E-state index contributed by atoms with van der Waals surface area (Å²) in [6.07, 6.45) is -0.771. The molecule has 0 saturated carbocycles. The topological polar surface area (TPSA) is 37.0 Å². The minimum absolute atomic E-state index is 0.259. The van der Waals surface area contributed by atoms with E-state index >= 15 is 0 Å². The molecule has 4 rings (SSSR count). The van der Waals surface area contributed by atoms with Crippen LogP contribution in [0.15, 0.2) is 42.5 Å². The first-order chi connectivity index (χ1) is 13.5. The molecule has 0 bridgehead atoms. The monoisotopic (exact) mass is 388 g/mol. The Balaban J connectivity index is 1.43. The van der Waals surface area contributed by atoms with Crippen molar-refractivity contribution < 1.29 is 17.9 Å². The van der Waals surface area contributed by atoms with Crippen LogP contribution in [-0.2, 0) is 25.4 Å². The van der Waals surface area contributed by atoms with Crippen molar-refractivity contribution >= 4 is 10.9 Å². The second kappa shape index (κ2) is 7.87. The van der Waals surface area contributed by atoms with E-state index in [1.165, 1.54) is 33.8 Å². The maximum absolute atomic E-state index is 12.8. The van der Waals surface area contributed by atoms with Crippen molar-refractivity contribution in [1.29, 1.82) is 0 Å². The van der Waals surface area contributed by atoms with Gasteiger partial charge in [0.05, 0.1) is 12.2 Å². The lowest BCUT2D eigenvalue weighted by atomic mass is 9.99. The molecule has 0 fully saturated rings. The van der Waals surface area contributed by atoms with Gasteiger partial charge in [0.2, 0.25) is 0 Å². The molecule has 1 aliphatic rings. The molecule has 1 aliphatic heterocycles. The van der Waals surface area contributed by atoms with Gasteiger partial charge in [-0.05, 0) is 61.2 Å². The molecule has 6 heteroatoms. The van der Waals surface area contributed by atoms with Crippen LogP contribution in [0.2, 0.25) is 0 Å². The highest BCUT2D eigenvalue weighted by atomic mass is 19.4. The molecule has 2 N–H and O–H groups in total. The molecule has 28 heavy (non-hydrogen) atoms. The van der Waals surface area contributed by atoms with E-state index in [0.29, 0.717) is 6.61 Å². The predicted octanol–water partition coefficient (Wildman–Crippen LogP) is 4.89. The van der Waals surface area contributed by atoms with Crippen LogP contribution in [0.5, 0.6) is 5.75 Å². The maximum Gasteiger partial charge on any atom is 0.416 e. The van der Waals surface area contributed by atoms with Crippen molar-refractivity contribution in [3.63, 3.8) is 0 Å². The third-order valence-corrected chi connectivity index (χ3v) is 5.23. The van der Waals surface area contributed by atoms with E-state index in [1.807, 2.05) is 0 Å². The van der Waals surface area contributed by atoms with Gasteiger partial charge in [0.25, 0.3) is 0 Å². The standard InChI is InChI=1S/C22H23F3N2O/c23-22(24,25)16-6-2-7-17(14-16)28-13-3-5-15-4-1-8-20-21(15)18-9-11-26-12-10-19(18)27-20/h1-2,4,6-8,14,26-27H,3,5,9-13H2. The normalized spacial score (nSPS) is 14.7. The fourth-order valence-electron chi connectivity index (χ4n) is 3.91. The second-order valence-electron chi connectivity index (χ2n) is 7.15. The number of hydrogen-bond acceptors (Lipinski definition) is 2. The van der Waals surface area contributed by atoms with Crippen LogP contribution in [0.4, 0.5) is 13.2 Å². The van der Waals surface area contributed by atoms with Gasteiger partial charge in [0, 0.05) is 29.6 Å². The number of benzene rings is 2. The lowest BCUT2D eigenvalue weighted by molar-refractivity contribution is -0.137. The molecular weight excluding hydrogens is 365 g/mol. The van der Waals surface area contributed by atoms with E-state index in [1.54, 1.807) is 6.07 Å². The highest BCUT2D eigenvalue weighted by Crippen LogP contribution is 2.31. The van der Waals surface area contributed by atoms with Gasteiger partial charge in [-0.1, -0.05) is 18.2 Å². The van der Waals surface area contributed by atoms with Crippen LogP contribution in [0.25, 0.3) is 10.9 Å². The summed E-state index contributed by atoms with van der Waals surface area (Å²) < 4.78 is 44.0. The number of halogens is 3. The molecular formula is C22H23F3N2O. The third-order valence-electron chi connectivity index (χ3n) is 5.23. The Morgan fingerprint density at radius 2 is 1.82 bits per heavy atom. The average Bonchev–Trinajstić information content (AvgIpc) is 2.87. The van der Waals surface area contributed by atoms with E-state index in [9.17, 15) is 13.2 Å². The number of aromatic nitrogens is 1. The molecule has 0 aliphatic carbocycles. The number of aryl methyl sites for hydroxylation is 1. The number of aromatic amines is 1. The van der Waals surface area contributed by atoms with Crippen molar-refractivity contribution in [1.82, 2.24) is 10.3 Å². The molecule has 0 spiro atoms. The zero-order valence-corrected chi connectivity index (χ0v) is 15.5. The van der Waals surface area contributed by atoms with Crippen molar-refractivity contribution in [2.45, 2.75) is 31.9 Å². The predicted molar refractivity (Wildman–Crippen MR) is 104 cm³/mol. The summed E-state index contributed by atoms with van der Waals surface area (Å²) in [5.74, 6) is 0.259. The van der Waals surface area contributed by atoms with E-state index in [2.05, 4.69) is 28.5 Å². The molecule has 0 saturated heterocycles. The zero-order chi connectivity index (χ0) is 19.6. The summed E-state index contributed by atoms with van der Waals surface area (Å²) in [5, 5.41) is 4.74. The van der Waals surface area contributed by atoms with Crippen LogP contribution in [-0.4, -0.2) is 24.7 Å². The lowest BCUT2D eigenvalue weighted by Crippen LogP contribution is -2.16. The Bertz CT molecular complexity index is 962. The maximum atomic E-state index is 12.8. The summed E-state index contributed by atoms with van der Waals surface area (Å²) in [6, 6.07) is 11.4. The average molecular weight is 388 g/mol. The van der Waals surface area contributed by atoms with Gasteiger partial charge in [-0.25, -0.2) is 0 Å². The van der Waals surface area contributed by atoms with Crippen LogP contribution in [0.3, 0.4) is 0 Å². The summed E-state index contributed by atoms with van der Waals surface area (Å²) in [6.45, 7) is 2.35. The zero-order valence-electron chi connectivity index (χ0n) is 15.5. The van der Waals surface area contributed by atoms with Crippen molar-refractivity contribution in [3.05, 3.63) is 64.8 Å². The quantitative estimate of drug-likeness (QED) is 0.611. The number of rotatable bonds is 5. The summed E-state index contributed by atoms with van der Waals surface area (Å²) >= 11 is 0. The van der Waals surface area contributed by atoms with Crippen molar-refractivity contribution in [2.75, 3.05) is 19.7 Å². The van der Waals surface area contributed by atoms with Gasteiger partial charge < -0.3 is 15.0 Å². The molecule has 0 atom stereocenters. The van der Waals surface area contributed by atoms with E-state index in [0.717, 1.165) is 50.9 Å². The largest absolute Gasteiger partial charge is 0.494 e. The molecule has 1 aromatic heterocycles. The van der Waals surface area contributed by atoms with Crippen LogP contribution in [0.1, 0.15) is 28.8 Å². The van der Waals surface area contributed by atoms with Crippen molar-refractivity contribution in [3.8, 4) is 5.75 Å². The molecule has 0 unspecified atom stereocenters. The van der Waals surface area contributed by atoms with Gasteiger partial charge in [-0.15, -0.1) is 0 Å².